The van der Waals surface area contributed by atoms with Gasteiger partial charge in [0.1, 0.15) is 5.78 Å². The minimum atomic E-state index is 0.163. The number of carbonyl (C=O) groups is 1. The van der Waals surface area contributed by atoms with Gasteiger partial charge in [-0.15, -0.1) is 0 Å². The summed E-state index contributed by atoms with van der Waals surface area (Å²) >= 11 is 5.81. The number of nitrogens with zero attached hydrogens (tertiary/aromatic N) is 1. The maximum atomic E-state index is 11.0. The molecule has 0 radical (unpaired) electrons. The van der Waals surface area contributed by atoms with E-state index in [0.29, 0.717) is 23.6 Å². The summed E-state index contributed by atoms with van der Waals surface area (Å²) in [6, 6.07) is 3.50. The second-order valence-corrected chi connectivity index (χ2v) is 2.91. The quantitative estimate of drug-likeness (QED) is 0.720. The SMILES string of the molecule is CCC(=O)Cc1ncccc1Cl. The van der Waals surface area contributed by atoms with Crippen molar-refractivity contribution in [2.75, 3.05) is 0 Å². The number of halogens is 1. The van der Waals surface area contributed by atoms with Crippen LogP contribution in [0.15, 0.2) is 18.3 Å². The molecule has 0 atom stereocenters. The minimum Gasteiger partial charge on any atom is -0.299 e. The van der Waals surface area contributed by atoms with Gasteiger partial charge in [-0.25, -0.2) is 0 Å². The van der Waals surface area contributed by atoms with Crippen molar-refractivity contribution < 1.29 is 4.79 Å². The van der Waals surface area contributed by atoms with E-state index in [1.165, 1.54) is 0 Å². The first-order chi connectivity index (χ1) is 5.74. The van der Waals surface area contributed by atoms with Crippen LogP contribution in [0.2, 0.25) is 5.02 Å². The van der Waals surface area contributed by atoms with Gasteiger partial charge in [0.2, 0.25) is 0 Å². The molecule has 0 saturated carbocycles. The van der Waals surface area contributed by atoms with Crippen molar-refractivity contribution in [3.05, 3.63) is 29.0 Å². The Bertz CT molecular complexity index is 286. The molecular weight excluding hydrogens is 174 g/mol. The molecule has 0 unspecified atom stereocenters. The second-order valence-electron chi connectivity index (χ2n) is 2.50. The molecule has 0 N–H and O–H groups in total. The maximum Gasteiger partial charge on any atom is 0.138 e. The predicted octanol–water partition coefficient (Wildman–Crippen LogP) is 2.26. The third kappa shape index (κ3) is 2.31. The average Bonchev–Trinajstić information content (AvgIpc) is 2.09. The third-order valence-electron chi connectivity index (χ3n) is 1.59. The largest absolute Gasteiger partial charge is 0.299 e. The zero-order valence-electron chi connectivity index (χ0n) is 6.88. The molecule has 0 aliphatic carbocycles. The van der Waals surface area contributed by atoms with E-state index in [4.69, 9.17) is 11.6 Å². The van der Waals surface area contributed by atoms with Gasteiger partial charge in [-0.1, -0.05) is 18.5 Å². The number of pyridine rings is 1. The fraction of sp³-hybridized carbons (Fsp3) is 0.333. The molecule has 0 saturated heterocycles. The molecule has 12 heavy (non-hydrogen) atoms. The Morgan fingerprint density at radius 3 is 3.00 bits per heavy atom. The van der Waals surface area contributed by atoms with Crippen molar-refractivity contribution in [2.24, 2.45) is 0 Å². The first kappa shape index (κ1) is 9.20. The van der Waals surface area contributed by atoms with Crippen molar-refractivity contribution in [3.63, 3.8) is 0 Å². The highest BCUT2D eigenvalue weighted by Crippen LogP contribution is 2.12. The Morgan fingerprint density at radius 2 is 2.42 bits per heavy atom. The molecule has 1 aromatic heterocycles. The average molecular weight is 184 g/mol. The first-order valence-electron chi connectivity index (χ1n) is 3.85. The molecule has 0 amide bonds. The lowest BCUT2D eigenvalue weighted by Gasteiger charge is -1.99. The minimum absolute atomic E-state index is 0.163. The standard InChI is InChI=1S/C9H10ClNO/c1-2-7(12)6-9-8(10)4-3-5-11-9/h3-5H,2,6H2,1H3. The number of carbonyl (C=O) groups excluding carboxylic acids is 1. The summed E-state index contributed by atoms with van der Waals surface area (Å²) in [4.78, 5) is 15.0. The molecule has 64 valence electrons. The molecule has 0 spiro atoms. The molecule has 0 aliphatic heterocycles. The van der Waals surface area contributed by atoms with Gasteiger partial charge in [-0.2, -0.15) is 0 Å². The Morgan fingerprint density at radius 1 is 1.67 bits per heavy atom. The van der Waals surface area contributed by atoms with Crippen LogP contribution in [0, 0.1) is 0 Å². The van der Waals surface area contributed by atoms with E-state index in [2.05, 4.69) is 4.98 Å². The summed E-state index contributed by atoms with van der Waals surface area (Å²) in [6.07, 6.45) is 2.52. The smallest absolute Gasteiger partial charge is 0.138 e. The molecule has 0 bridgehead atoms. The van der Waals surface area contributed by atoms with Crippen LogP contribution in [0.4, 0.5) is 0 Å². The predicted molar refractivity (Wildman–Crippen MR) is 48.2 cm³/mol. The van der Waals surface area contributed by atoms with Crippen LogP contribution < -0.4 is 0 Å². The van der Waals surface area contributed by atoms with Crippen LogP contribution in [0.3, 0.4) is 0 Å². The van der Waals surface area contributed by atoms with Crippen LogP contribution in [0.5, 0.6) is 0 Å². The molecular formula is C9H10ClNO. The number of hydrogen-bond acceptors (Lipinski definition) is 2. The van der Waals surface area contributed by atoms with Gasteiger partial charge < -0.3 is 0 Å². The number of aromatic nitrogens is 1. The number of rotatable bonds is 3. The van der Waals surface area contributed by atoms with Crippen LogP contribution >= 0.6 is 11.6 Å². The van der Waals surface area contributed by atoms with Crippen LogP contribution in [-0.4, -0.2) is 10.8 Å². The number of hydrogen-bond donors (Lipinski definition) is 0. The van der Waals surface area contributed by atoms with Gasteiger partial charge in [0.15, 0.2) is 0 Å². The highest BCUT2D eigenvalue weighted by molar-refractivity contribution is 6.31. The van der Waals surface area contributed by atoms with E-state index >= 15 is 0 Å². The van der Waals surface area contributed by atoms with Crippen molar-refractivity contribution >= 4 is 17.4 Å². The fourth-order valence-corrected chi connectivity index (χ4v) is 1.05. The fourth-order valence-electron chi connectivity index (χ4n) is 0.860. The summed E-state index contributed by atoms with van der Waals surface area (Å²) in [5.74, 6) is 0.163. The molecule has 0 aliphatic rings. The topological polar surface area (TPSA) is 30.0 Å². The molecule has 0 fully saturated rings. The third-order valence-corrected chi connectivity index (χ3v) is 1.94. The van der Waals surface area contributed by atoms with Crippen molar-refractivity contribution in [1.82, 2.24) is 4.98 Å². The maximum absolute atomic E-state index is 11.0. The summed E-state index contributed by atoms with van der Waals surface area (Å²) in [7, 11) is 0. The van der Waals surface area contributed by atoms with E-state index in [1.807, 2.05) is 6.92 Å². The molecule has 1 heterocycles. The lowest BCUT2D eigenvalue weighted by atomic mass is 10.2. The first-order valence-corrected chi connectivity index (χ1v) is 4.23. The van der Waals surface area contributed by atoms with Crippen molar-refractivity contribution in [2.45, 2.75) is 19.8 Å². The van der Waals surface area contributed by atoms with Gasteiger partial charge in [-0.3, -0.25) is 9.78 Å². The lowest BCUT2D eigenvalue weighted by molar-refractivity contribution is -0.118. The van der Waals surface area contributed by atoms with Crippen molar-refractivity contribution in [3.8, 4) is 0 Å². The molecule has 1 rings (SSSR count). The molecule has 3 heteroatoms. The Balaban J connectivity index is 2.75. The highest BCUT2D eigenvalue weighted by atomic mass is 35.5. The zero-order chi connectivity index (χ0) is 8.97. The molecule has 1 aromatic rings. The van der Waals surface area contributed by atoms with E-state index in [9.17, 15) is 4.79 Å². The van der Waals surface area contributed by atoms with E-state index in [-0.39, 0.29) is 5.78 Å². The van der Waals surface area contributed by atoms with Crippen LogP contribution in [0.1, 0.15) is 19.0 Å². The Hall–Kier alpha value is -0.890. The summed E-state index contributed by atoms with van der Waals surface area (Å²) in [5.41, 5.74) is 0.672. The van der Waals surface area contributed by atoms with E-state index in [1.54, 1.807) is 18.3 Å². The summed E-state index contributed by atoms with van der Waals surface area (Å²) in [6.45, 7) is 1.83. The molecule has 2 nitrogen and oxygen atoms in total. The van der Waals surface area contributed by atoms with Gasteiger partial charge >= 0.3 is 0 Å². The van der Waals surface area contributed by atoms with Crippen LogP contribution in [-0.2, 0) is 11.2 Å². The van der Waals surface area contributed by atoms with E-state index < -0.39 is 0 Å². The molecule has 0 aromatic carbocycles. The number of Topliss-reactive ketones (excluding diaryl/α,β-unsaturated/α-hetero) is 1. The van der Waals surface area contributed by atoms with Gasteiger partial charge in [-0.05, 0) is 12.1 Å². The highest BCUT2D eigenvalue weighted by Gasteiger charge is 2.04. The van der Waals surface area contributed by atoms with Gasteiger partial charge in [0, 0.05) is 12.6 Å². The van der Waals surface area contributed by atoms with Crippen molar-refractivity contribution in [1.29, 1.82) is 0 Å². The zero-order valence-corrected chi connectivity index (χ0v) is 7.64. The lowest BCUT2D eigenvalue weighted by Crippen LogP contribution is -2.02. The second kappa shape index (κ2) is 4.21. The van der Waals surface area contributed by atoms with Crippen LogP contribution in [0.25, 0.3) is 0 Å². The monoisotopic (exact) mass is 183 g/mol. The normalized spacial score (nSPS) is 9.83. The summed E-state index contributed by atoms with van der Waals surface area (Å²) < 4.78 is 0. The van der Waals surface area contributed by atoms with Gasteiger partial charge in [0.05, 0.1) is 17.1 Å². The Kier molecular flexibility index (Phi) is 3.23. The Labute approximate surface area is 76.6 Å². The number of ketones is 1. The van der Waals surface area contributed by atoms with Gasteiger partial charge in [0.25, 0.3) is 0 Å². The summed E-state index contributed by atoms with van der Waals surface area (Å²) in [5, 5.41) is 0.569. The van der Waals surface area contributed by atoms with E-state index in [0.717, 1.165) is 0 Å².